The molecule has 1 fully saturated rings. The standard InChI is InChI=1S/C10H12N2O4S/c1-17(15,16)10-11-5-7(9(13)14)8(12-10)6-3-2-4-6/h5-6H,2-4H2,1H3,(H,13,14). The van der Waals surface area contributed by atoms with E-state index >= 15 is 0 Å². The Morgan fingerprint density at radius 1 is 1.47 bits per heavy atom. The molecule has 1 aliphatic rings. The molecule has 0 spiro atoms. The second-order valence-corrected chi connectivity index (χ2v) is 6.07. The summed E-state index contributed by atoms with van der Waals surface area (Å²) in [5, 5.41) is 8.70. The number of rotatable bonds is 3. The van der Waals surface area contributed by atoms with Crippen molar-refractivity contribution in [1.29, 1.82) is 0 Å². The van der Waals surface area contributed by atoms with Crippen LogP contribution in [0.5, 0.6) is 0 Å². The van der Waals surface area contributed by atoms with Crippen LogP contribution in [0.1, 0.15) is 41.2 Å². The molecule has 0 aliphatic heterocycles. The molecule has 1 aromatic heterocycles. The zero-order valence-corrected chi connectivity index (χ0v) is 10.1. The number of carboxylic acids is 1. The van der Waals surface area contributed by atoms with Gasteiger partial charge in [0.25, 0.3) is 0 Å². The molecule has 0 aromatic carbocycles. The Bertz CT molecular complexity index is 564. The summed E-state index contributed by atoms with van der Waals surface area (Å²) < 4.78 is 22.6. The number of hydrogen-bond donors (Lipinski definition) is 1. The van der Waals surface area contributed by atoms with Crippen molar-refractivity contribution in [3.8, 4) is 0 Å². The number of carbonyl (C=O) groups is 1. The van der Waals surface area contributed by atoms with E-state index in [1.54, 1.807) is 0 Å². The lowest BCUT2D eigenvalue weighted by Crippen LogP contribution is -2.18. The highest BCUT2D eigenvalue weighted by atomic mass is 32.2. The predicted octanol–water partition coefficient (Wildman–Crippen LogP) is 0.846. The molecular weight excluding hydrogens is 244 g/mol. The quantitative estimate of drug-likeness (QED) is 0.805. The number of aromatic nitrogens is 2. The highest BCUT2D eigenvalue weighted by Crippen LogP contribution is 2.36. The Morgan fingerprint density at radius 2 is 2.12 bits per heavy atom. The van der Waals surface area contributed by atoms with Crippen molar-refractivity contribution in [3.05, 3.63) is 17.5 Å². The van der Waals surface area contributed by atoms with Crippen LogP contribution < -0.4 is 0 Å². The van der Waals surface area contributed by atoms with Crippen LogP contribution in [0.3, 0.4) is 0 Å². The normalized spacial score (nSPS) is 16.5. The van der Waals surface area contributed by atoms with Crippen LogP contribution in [0.4, 0.5) is 0 Å². The van der Waals surface area contributed by atoms with Crippen molar-refractivity contribution in [1.82, 2.24) is 9.97 Å². The first kappa shape index (κ1) is 12.0. The summed E-state index contributed by atoms with van der Waals surface area (Å²) in [6.45, 7) is 0. The minimum Gasteiger partial charge on any atom is -0.478 e. The molecule has 1 aliphatic carbocycles. The first-order valence-electron chi connectivity index (χ1n) is 5.20. The van der Waals surface area contributed by atoms with Gasteiger partial charge in [0.15, 0.2) is 0 Å². The topological polar surface area (TPSA) is 97.2 Å². The van der Waals surface area contributed by atoms with Gasteiger partial charge in [-0.05, 0) is 12.8 Å². The summed E-state index contributed by atoms with van der Waals surface area (Å²) in [4.78, 5) is 18.5. The van der Waals surface area contributed by atoms with Crippen molar-refractivity contribution < 1.29 is 18.3 Å². The van der Waals surface area contributed by atoms with Gasteiger partial charge in [-0.2, -0.15) is 0 Å². The summed E-state index contributed by atoms with van der Waals surface area (Å²) in [6, 6.07) is 0. The van der Waals surface area contributed by atoms with E-state index in [-0.39, 0.29) is 16.6 Å². The maximum Gasteiger partial charge on any atom is 0.339 e. The van der Waals surface area contributed by atoms with Crippen LogP contribution in [0, 0.1) is 0 Å². The fraction of sp³-hybridized carbons (Fsp3) is 0.500. The molecule has 0 saturated heterocycles. The van der Waals surface area contributed by atoms with E-state index in [2.05, 4.69) is 9.97 Å². The maximum absolute atomic E-state index is 11.3. The summed E-state index contributed by atoms with van der Waals surface area (Å²) in [5.74, 6) is -1.07. The minimum atomic E-state index is -3.50. The van der Waals surface area contributed by atoms with E-state index in [1.807, 2.05) is 0 Å². The van der Waals surface area contributed by atoms with Crippen LogP contribution in [-0.4, -0.2) is 35.7 Å². The molecule has 1 N–H and O–H groups in total. The van der Waals surface area contributed by atoms with Crippen LogP contribution in [0.15, 0.2) is 11.4 Å². The van der Waals surface area contributed by atoms with E-state index < -0.39 is 15.8 Å². The van der Waals surface area contributed by atoms with E-state index in [0.717, 1.165) is 31.7 Å². The van der Waals surface area contributed by atoms with Crippen LogP contribution in [0.25, 0.3) is 0 Å². The predicted molar refractivity (Wildman–Crippen MR) is 58.7 cm³/mol. The second-order valence-electron chi connectivity index (χ2n) is 4.16. The van der Waals surface area contributed by atoms with Gasteiger partial charge >= 0.3 is 5.97 Å². The summed E-state index contributed by atoms with van der Waals surface area (Å²) in [5.41, 5.74) is 0.348. The largest absolute Gasteiger partial charge is 0.478 e. The van der Waals surface area contributed by atoms with Crippen molar-refractivity contribution in [2.75, 3.05) is 6.26 Å². The fourth-order valence-electron chi connectivity index (χ4n) is 1.71. The molecule has 17 heavy (non-hydrogen) atoms. The summed E-state index contributed by atoms with van der Waals surface area (Å²) in [6.07, 6.45) is 4.80. The number of aromatic carboxylic acids is 1. The SMILES string of the molecule is CS(=O)(=O)c1ncc(C(=O)O)c(C2CCC2)n1. The van der Waals surface area contributed by atoms with Gasteiger partial charge in [0, 0.05) is 18.4 Å². The van der Waals surface area contributed by atoms with Crippen molar-refractivity contribution >= 4 is 15.8 Å². The number of sulfone groups is 1. The molecule has 0 atom stereocenters. The van der Waals surface area contributed by atoms with Gasteiger partial charge in [-0.15, -0.1) is 0 Å². The molecule has 1 aromatic rings. The second kappa shape index (κ2) is 4.06. The monoisotopic (exact) mass is 256 g/mol. The zero-order chi connectivity index (χ0) is 12.6. The Balaban J connectivity index is 2.54. The summed E-state index contributed by atoms with van der Waals surface area (Å²) in [7, 11) is -3.50. The third-order valence-corrected chi connectivity index (χ3v) is 3.71. The molecule has 0 radical (unpaired) electrons. The lowest BCUT2D eigenvalue weighted by molar-refractivity contribution is 0.0692. The van der Waals surface area contributed by atoms with Crippen LogP contribution in [0.2, 0.25) is 0 Å². The highest BCUT2D eigenvalue weighted by molar-refractivity contribution is 7.90. The van der Waals surface area contributed by atoms with Gasteiger partial charge in [-0.25, -0.2) is 23.2 Å². The van der Waals surface area contributed by atoms with Gasteiger partial charge in [-0.1, -0.05) is 6.42 Å². The van der Waals surface area contributed by atoms with Gasteiger partial charge in [0.2, 0.25) is 15.0 Å². The molecule has 1 saturated carbocycles. The van der Waals surface area contributed by atoms with E-state index in [1.165, 1.54) is 0 Å². The molecule has 0 bridgehead atoms. The molecule has 0 unspecified atom stereocenters. The van der Waals surface area contributed by atoms with E-state index in [9.17, 15) is 13.2 Å². The van der Waals surface area contributed by atoms with Crippen LogP contribution >= 0.6 is 0 Å². The van der Waals surface area contributed by atoms with Gasteiger partial charge < -0.3 is 5.11 Å². The number of carboxylic acid groups (broad SMARTS) is 1. The Morgan fingerprint density at radius 3 is 2.53 bits per heavy atom. The zero-order valence-electron chi connectivity index (χ0n) is 9.25. The Kier molecular flexibility index (Phi) is 2.86. The number of hydrogen-bond acceptors (Lipinski definition) is 5. The molecule has 7 heteroatoms. The van der Waals surface area contributed by atoms with Gasteiger partial charge in [-0.3, -0.25) is 0 Å². The number of nitrogens with zero attached hydrogens (tertiary/aromatic N) is 2. The molecule has 2 rings (SSSR count). The fourth-order valence-corrected chi connectivity index (χ4v) is 2.22. The Labute approximate surface area is 98.6 Å². The van der Waals surface area contributed by atoms with E-state index in [0.29, 0.717) is 5.69 Å². The van der Waals surface area contributed by atoms with Gasteiger partial charge in [0.1, 0.15) is 0 Å². The lowest BCUT2D eigenvalue weighted by Gasteiger charge is -2.25. The maximum atomic E-state index is 11.3. The molecule has 92 valence electrons. The van der Waals surface area contributed by atoms with Crippen LogP contribution in [-0.2, 0) is 9.84 Å². The molecule has 1 heterocycles. The highest BCUT2D eigenvalue weighted by Gasteiger charge is 2.28. The molecule has 6 nitrogen and oxygen atoms in total. The first-order chi connectivity index (χ1) is 7.89. The summed E-state index contributed by atoms with van der Waals surface area (Å²) >= 11 is 0. The third kappa shape index (κ3) is 2.28. The first-order valence-corrected chi connectivity index (χ1v) is 7.09. The third-order valence-electron chi connectivity index (χ3n) is 2.85. The minimum absolute atomic E-state index is 0.00194. The van der Waals surface area contributed by atoms with Crippen molar-refractivity contribution in [2.24, 2.45) is 0 Å². The average Bonchev–Trinajstić information content (AvgIpc) is 2.13. The smallest absolute Gasteiger partial charge is 0.339 e. The van der Waals surface area contributed by atoms with Gasteiger partial charge in [0.05, 0.1) is 11.3 Å². The molecular formula is C10H12N2O4S. The molecule has 0 amide bonds. The average molecular weight is 256 g/mol. The Hall–Kier alpha value is -1.50. The lowest BCUT2D eigenvalue weighted by atomic mass is 9.81. The van der Waals surface area contributed by atoms with Crippen molar-refractivity contribution in [2.45, 2.75) is 30.3 Å². The van der Waals surface area contributed by atoms with Crippen molar-refractivity contribution in [3.63, 3.8) is 0 Å². The van der Waals surface area contributed by atoms with E-state index in [4.69, 9.17) is 5.11 Å².